The average molecular weight is 426 g/mol. The fourth-order valence-corrected chi connectivity index (χ4v) is 3.81. The third-order valence-corrected chi connectivity index (χ3v) is 5.39. The highest BCUT2D eigenvalue weighted by atomic mass is 35.5. The molecule has 10 heteroatoms. The molecule has 0 saturated carbocycles. The van der Waals surface area contributed by atoms with E-state index >= 15 is 0 Å². The van der Waals surface area contributed by atoms with E-state index < -0.39 is 32.3 Å². The van der Waals surface area contributed by atoms with Gasteiger partial charge in [-0.15, -0.1) is 0 Å². The molecule has 28 heavy (non-hydrogen) atoms. The number of fused-ring (bicyclic) bond motifs is 1. The van der Waals surface area contributed by atoms with Gasteiger partial charge in [0.2, 0.25) is 0 Å². The molecular weight excluding hydrogens is 413 g/mol. The van der Waals surface area contributed by atoms with Gasteiger partial charge in [0.05, 0.1) is 17.2 Å². The zero-order valence-electron chi connectivity index (χ0n) is 14.4. The molecule has 0 amide bonds. The third kappa shape index (κ3) is 4.00. The Labute approximate surface area is 163 Å². The van der Waals surface area contributed by atoms with E-state index in [0.29, 0.717) is 5.39 Å². The summed E-state index contributed by atoms with van der Waals surface area (Å²) in [5.74, 6) is -2.00. The second kappa shape index (κ2) is 7.61. The molecule has 1 heterocycles. The molecule has 0 bridgehead atoms. The fourth-order valence-electron chi connectivity index (χ4n) is 2.45. The lowest BCUT2D eigenvalue weighted by molar-refractivity contribution is 0.0526. The number of sulfonamides is 1. The molecule has 1 N–H and O–H groups in total. The Hall–Kier alpha value is -2.91. The van der Waals surface area contributed by atoms with Crippen LogP contribution in [0.25, 0.3) is 11.0 Å². The number of benzene rings is 2. The summed E-state index contributed by atoms with van der Waals surface area (Å²) < 4.78 is 51.5. The highest BCUT2D eigenvalue weighted by Gasteiger charge is 2.24. The van der Waals surface area contributed by atoms with Crippen LogP contribution in [0.3, 0.4) is 0 Å². The highest BCUT2D eigenvalue weighted by molar-refractivity contribution is 7.92. The number of hydrogen-bond acceptors (Lipinski definition) is 6. The molecule has 0 aliphatic carbocycles. The van der Waals surface area contributed by atoms with Gasteiger partial charge in [0.25, 0.3) is 10.0 Å². The van der Waals surface area contributed by atoms with Crippen molar-refractivity contribution >= 4 is 44.3 Å². The van der Waals surface area contributed by atoms with Gasteiger partial charge < -0.3 is 9.15 Å². The highest BCUT2D eigenvalue weighted by Crippen LogP contribution is 2.27. The molecule has 2 aromatic carbocycles. The average Bonchev–Trinajstić information content (AvgIpc) is 2.61. The summed E-state index contributed by atoms with van der Waals surface area (Å²) in [4.78, 5) is 22.4. The SMILES string of the molecule is CCOC(=O)c1cc(S(=O)(=O)Nc2ccc3oc(=O)ccc3c2)c(F)cc1Cl. The van der Waals surface area contributed by atoms with Crippen LogP contribution in [0.1, 0.15) is 17.3 Å². The molecule has 3 rings (SSSR count). The van der Waals surface area contributed by atoms with Crippen LogP contribution in [-0.2, 0) is 14.8 Å². The molecule has 0 spiro atoms. The number of ether oxygens (including phenoxy) is 1. The number of rotatable bonds is 5. The minimum absolute atomic E-state index is 0.0418. The summed E-state index contributed by atoms with van der Waals surface area (Å²) in [6, 6.07) is 8.36. The number of esters is 1. The molecule has 0 aliphatic rings. The van der Waals surface area contributed by atoms with Gasteiger partial charge in [-0.05, 0) is 43.3 Å². The molecule has 0 unspecified atom stereocenters. The van der Waals surface area contributed by atoms with Crippen molar-refractivity contribution in [1.82, 2.24) is 0 Å². The van der Waals surface area contributed by atoms with Crippen LogP contribution in [-0.4, -0.2) is 21.0 Å². The molecule has 146 valence electrons. The predicted molar refractivity (Wildman–Crippen MR) is 101 cm³/mol. The molecule has 0 saturated heterocycles. The summed E-state index contributed by atoms with van der Waals surface area (Å²) in [5, 5.41) is 0.194. The minimum atomic E-state index is -4.39. The Balaban J connectivity index is 2.01. The zero-order valence-corrected chi connectivity index (χ0v) is 15.9. The van der Waals surface area contributed by atoms with Gasteiger partial charge >= 0.3 is 11.6 Å². The first-order chi connectivity index (χ1) is 13.2. The van der Waals surface area contributed by atoms with Gasteiger partial charge in [-0.1, -0.05) is 11.6 Å². The second-order valence-corrected chi connectivity index (χ2v) is 7.65. The molecule has 0 radical (unpaired) electrons. The van der Waals surface area contributed by atoms with E-state index in [1.807, 2.05) is 0 Å². The Morgan fingerprint density at radius 3 is 2.68 bits per heavy atom. The topological polar surface area (TPSA) is 103 Å². The Kier molecular flexibility index (Phi) is 5.39. The maximum atomic E-state index is 14.3. The quantitative estimate of drug-likeness (QED) is 0.495. The fraction of sp³-hybridized carbons (Fsp3) is 0.111. The van der Waals surface area contributed by atoms with Crippen LogP contribution in [0.5, 0.6) is 0 Å². The van der Waals surface area contributed by atoms with Gasteiger partial charge in [-0.25, -0.2) is 22.4 Å². The number of carbonyl (C=O) groups is 1. The lowest BCUT2D eigenvalue weighted by Gasteiger charge is -2.12. The Morgan fingerprint density at radius 1 is 1.21 bits per heavy atom. The lowest BCUT2D eigenvalue weighted by atomic mass is 10.2. The van der Waals surface area contributed by atoms with Crippen molar-refractivity contribution in [1.29, 1.82) is 0 Å². The van der Waals surface area contributed by atoms with Crippen molar-refractivity contribution in [3.8, 4) is 0 Å². The molecule has 0 atom stereocenters. The van der Waals surface area contributed by atoms with Crippen LogP contribution in [0.15, 0.2) is 56.6 Å². The summed E-state index contributed by atoms with van der Waals surface area (Å²) in [6.45, 7) is 1.61. The maximum Gasteiger partial charge on any atom is 0.339 e. The lowest BCUT2D eigenvalue weighted by Crippen LogP contribution is -2.16. The van der Waals surface area contributed by atoms with E-state index in [1.165, 1.54) is 30.3 Å². The Morgan fingerprint density at radius 2 is 1.96 bits per heavy atom. The Bertz CT molecular complexity index is 1240. The van der Waals surface area contributed by atoms with Crippen molar-refractivity contribution < 1.29 is 26.8 Å². The first kappa shape index (κ1) is 19.8. The van der Waals surface area contributed by atoms with Crippen molar-refractivity contribution in [2.24, 2.45) is 0 Å². The van der Waals surface area contributed by atoms with E-state index in [2.05, 4.69) is 4.72 Å². The maximum absolute atomic E-state index is 14.3. The molecular formula is C18H13ClFNO6S. The van der Waals surface area contributed by atoms with E-state index in [9.17, 15) is 22.4 Å². The van der Waals surface area contributed by atoms with Crippen LogP contribution < -0.4 is 10.3 Å². The number of hydrogen-bond donors (Lipinski definition) is 1. The summed E-state index contributed by atoms with van der Waals surface area (Å²) >= 11 is 5.83. The van der Waals surface area contributed by atoms with E-state index in [0.717, 1.165) is 12.1 Å². The van der Waals surface area contributed by atoms with Crippen molar-refractivity contribution in [2.75, 3.05) is 11.3 Å². The zero-order chi connectivity index (χ0) is 20.5. The largest absolute Gasteiger partial charge is 0.462 e. The summed E-state index contributed by atoms with van der Waals surface area (Å²) in [6.07, 6.45) is 0. The molecule has 0 fully saturated rings. The van der Waals surface area contributed by atoms with Crippen molar-refractivity contribution in [2.45, 2.75) is 11.8 Å². The molecule has 7 nitrogen and oxygen atoms in total. The van der Waals surface area contributed by atoms with Crippen LogP contribution in [0.4, 0.5) is 10.1 Å². The van der Waals surface area contributed by atoms with Gasteiger partial charge in [-0.3, -0.25) is 4.72 Å². The molecule has 3 aromatic rings. The second-order valence-electron chi connectivity index (χ2n) is 5.60. The van der Waals surface area contributed by atoms with Gasteiger partial charge in [0, 0.05) is 17.1 Å². The molecule has 0 aliphatic heterocycles. The van der Waals surface area contributed by atoms with E-state index in [4.69, 9.17) is 20.8 Å². The normalized spacial score (nSPS) is 11.4. The van der Waals surface area contributed by atoms with Crippen molar-refractivity contribution in [3.05, 3.63) is 69.3 Å². The van der Waals surface area contributed by atoms with Crippen LogP contribution >= 0.6 is 11.6 Å². The van der Waals surface area contributed by atoms with Crippen molar-refractivity contribution in [3.63, 3.8) is 0 Å². The van der Waals surface area contributed by atoms with Gasteiger partial charge in [0.15, 0.2) is 0 Å². The molecule has 1 aromatic heterocycles. The number of anilines is 1. The van der Waals surface area contributed by atoms with E-state index in [-0.39, 0.29) is 28.5 Å². The van der Waals surface area contributed by atoms with Crippen LogP contribution in [0.2, 0.25) is 5.02 Å². The number of carbonyl (C=O) groups excluding carboxylic acids is 1. The first-order valence-corrected chi connectivity index (χ1v) is 9.80. The predicted octanol–water partition coefficient (Wildman–Crippen LogP) is 3.56. The standard InChI is InChI=1S/C18H13ClFNO6S/c1-2-26-18(23)12-8-16(14(20)9-13(12)19)28(24,25)21-11-4-5-15-10(7-11)3-6-17(22)27-15/h3-9,21H,2H2,1H3. The van der Waals surface area contributed by atoms with Gasteiger partial charge in [0.1, 0.15) is 16.3 Å². The van der Waals surface area contributed by atoms with E-state index in [1.54, 1.807) is 6.92 Å². The summed E-state index contributed by atoms with van der Waals surface area (Å²) in [5.41, 5.74) is -0.452. The first-order valence-electron chi connectivity index (χ1n) is 7.94. The minimum Gasteiger partial charge on any atom is -0.462 e. The smallest absolute Gasteiger partial charge is 0.339 e. The van der Waals surface area contributed by atoms with Crippen LogP contribution in [0, 0.1) is 5.82 Å². The third-order valence-electron chi connectivity index (χ3n) is 3.68. The monoisotopic (exact) mass is 425 g/mol. The number of nitrogens with one attached hydrogen (secondary N) is 1. The van der Waals surface area contributed by atoms with Gasteiger partial charge in [-0.2, -0.15) is 0 Å². The number of halogens is 2. The summed E-state index contributed by atoms with van der Waals surface area (Å²) in [7, 11) is -4.39.